The van der Waals surface area contributed by atoms with E-state index in [0.717, 1.165) is 35.4 Å². The number of aryl methyl sites for hydroxylation is 3. The number of ether oxygens (including phenoxy) is 1. The van der Waals surface area contributed by atoms with Crippen LogP contribution in [0.1, 0.15) is 54.5 Å². The van der Waals surface area contributed by atoms with Gasteiger partial charge in [0.15, 0.2) is 0 Å². The third kappa shape index (κ3) is 3.68. The molecule has 1 aliphatic rings. The molecule has 2 amide bonds. The molecule has 3 rings (SSSR count). The van der Waals surface area contributed by atoms with E-state index in [0.29, 0.717) is 6.61 Å². The minimum atomic E-state index is -0.212. The van der Waals surface area contributed by atoms with Gasteiger partial charge in [0, 0.05) is 31.0 Å². The van der Waals surface area contributed by atoms with Gasteiger partial charge in [0.2, 0.25) is 0 Å². The fraction of sp³-hybridized carbons (Fsp3) is 0.588. The summed E-state index contributed by atoms with van der Waals surface area (Å²) in [6, 6.07) is -0.423. The molecule has 8 heteroatoms. The summed E-state index contributed by atoms with van der Waals surface area (Å²) in [5.41, 5.74) is 2.73. The van der Waals surface area contributed by atoms with Gasteiger partial charge in [0.1, 0.15) is 11.9 Å². The molecule has 1 fully saturated rings. The first kappa shape index (κ1) is 17.5. The van der Waals surface area contributed by atoms with E-state index in [2.05, 4.69) is 20.9 Å². The van der Waals surface area contributed by atoms with E-state index in [1.807, 2.05) is 34.0 Å². The van der Waals surface area contributed by atoms with Crippen molar-refractivity contribution < 1.29 is 14.1 Å². The number of carbonyl (C=O) groups excluding carboxylic acids is 1. The lowest BCUT2D eigenvalue weighted by Crippen LogP contribution is -2.44. The number of nitrogens with zero attached hydrogens (tertiary/aromatic N) is 3. The lowest BCUT2D eigenvalue weighted by molar-refractivity contribution is 0.0997. The number of nitrogens with one attached hydrogen (secondary N) is 2. The van der Waals surface area contributed by atoms with Gasteiger partial charge in [-0.25, -0.2) is 4.79 Å². The van der Waals surface area contributed by atoms with E-state index in [4.69, 9.17) is 9.26 Å². The highest BCUT2D eigenvalue weighted by Gasteiger charge is 2.32. The highest BCUT2D eigenvalue weighted by molar-refractivity contribution is 5.75. The Morgan fingerprint density at radius 1 is 1.48 bits per heavy atom. The Hall–Kier alpha value is -2.35. The van der Waals surface area contributed by atoms with E-state index < -0.39 is 0 Å². The van der Waals surface area contributed by atoms with Gasteiger partial charge in [-0.3, -0.25) is 4.68 Å². The quantitative estimate of drug-likeness (QED) is 0.865. The van der Waals surface area contributed by atoms with Crippen LogP contribution < -0.4 is 10.6 Å². The molecule has 25 heavy (non-hydrogen) atoms. The third-order valence-electron chi connectivity index (χ3n) is 4.61. The number of carbonyl (C=O) groups is 1. The number of hydrogen-bond donors (Lipinski definition) is 2. The number of aromatic nitrogens is 3. The van der Waals surface area contributed by atoms with E-state index in [1.54, 1.807) is 10.9 Å². The van der Waals surface area contributed by atoms with Gasteiger partial charge >= 0.3 is 6.03 Å². The molecule has 0 saturated carbocycles. The summed E-state index contributed by atoms with van der Waals surface area (Å²) in [5.74, 6) is 0.738. The molecular formula is C17H25N5O3. The smallest absolute Gasteiger partial charge is 0.315 e. The summed E-state index contributed by atoms with van der Waals surface area (Å²) in [7, 11) is 1.86. The highest BCUT2D eigenvalue weighted by atomic mass is 16.5. The van der Waals surface area contributed by atoms with Gasteiger partial charge in [-0.05, 0) is 26.7 Å². The van der Waals surface area contributed by atoms with Crippen LogP contribution in [0.25, 0.3) is 0 Å². The van der Waals surface area contributed by atoms with Crippen molar-refractivity contribution in [1.29, 1.82) is 0 Å². The zero-order chi connectivity index (χ0) is 18.0. The molecule has 1 saturated heterocycles. The summed E-state index contributed by atoms with van der Waals surface area (Å²) in [6.45, 7) is 6.39. The first-order chi connectivity index (χ1) is 12.0. The molecule has 0 radical (unpaired) electrons. The number of amides is 2. The van der Waals surface area contributed by atoms with Gasteiger partial charge in [-0.1, -0.05) is 12.1 Å². The molecule has 8 nitrogen and oxygen atoms in total. The summed E-state index contributed by atoms with van der Waals surface area (Å²) < 4.78 is 12.7. The van der Waals surface area contributed by atoms with Crippen LogP contribution in [0.3, 0.4) is 0 Å². The zero-order valence-corrected chi connectivity index (χ0v) is 15.1. The third-order valence-corrected chi connectivity index (χ3v) is 4.61. The highest BCUT2D eigenvalue weighted by Crippen LogP contribution is 2.29. The van der Waals surface area contributed by atoms with E-state index in [1.165, 1.54) is 0 Å². The van der Waals surface area contributed by atoms with Crippen molar-refractivity contribution in [3.63, 3.8) is 0 Å². The van der Waals surface area contributed by atoms with Crippen molar-refractivity contribution in [3.05, 3.63) is 35.0 Å². The second-order valence-electron chi connectivity index (χ2n) is 6.45. The maximum atomic E-state index is 12.5. The van der Waals surface area contributed by atoms with Crippen LogP contribution in [0.4, 0.5) is 4.79 Å². The molecule has 0 bridgehead atoms. The Kier molecular flexibility index (Phi) is 5.08. The lowest BCUT2D eigenvalue weighted by Gasteiger charge is -2.22. The van der Waals surface area contributed by atoms with Crippen molar-refractivity contribution in [1.82, 2.24) is 25.6 Å². The average Bonchev–Trinajstić information content (AvgIpc) is 3.27. The normalized spacial score (nSPS) is 21.3. The lowest BCUT2D eigenvalue weighted by atomic mass is 10.0. The minimum Gasteiger partial charge on any atom is -0.371 e. The molecule has 0 aromatic carbocycles. The standard InChI is InChI=1S/C17H25N5O3/c1-5-13(15-10(2)21-25-11(15)3)19-17(23)20-14-6-7-24-16(14)12-8-18-22(4)9-12/h8-9,13-14,16H,5-7H2,1-4H3,(H2,19,20,23)/t13-,14-,16+/m0/s1. The first-order valence-electron chi connectivity index (χ1n) is 8.59. The predicted octanol–water partition coefficient (Wildman–Crippen LogP) is 2.31. The van der Waals surface area contributed by atoms with Crippen LogP contribution in [-0.2, 0) is 11.8 Å². The van der Waals surface area contributed by atoms with Crippen molar-refractivity contribution in [2.75, 3.05) is 6.61 Å². The summed E-state index contributed by atoms with van der Waals surface area (Å²) in [5, 5.41) is 14.2. The monoisotopic (exact) mass is 347 g/mol. The van der Waals surface area contributed by atoms with Crippen LogP contribution in [0, 0.1) is 13.8 Å². The molecule has 136 valence electrons. The fourth-order valence-corrected chi connectivity index (χ4v) is 3.39. The van der Waals surface area contributed by atoms with Gasteiger partial charge in [0.25, 0.3) is 0 Å². The molecule has 3 heterocycles. The van der Waals surface area contributed by atoms with E-state index in [9.17, 15) is 4.79 Å². The second-order valence-corrected chi connectivity index (χ2v) is 6.45. The van der Waals surface area contributed by atoms with Crippen molar-refractivity contribution >= 4 is 6.03 Å². The van der Waals surface area contributed by atoms with Gasteiger partial charge < -0.3 is 19.9 Å². The van der Waals surface area contributed by atoms with E-state index in [-0.39, 0.29) is 24.2 Å². The molecule has 3 atom stereocenters. The van der Waals surface area contributed by atoms with Crippen LogP contribution in [0.5, 0.6) is 0 Å². The second kappa shape index (κ2) is 7.26. The number of hydrogen-bond acceptors (Lipinski definition) is 5. The fourth-order valence-electron chi connectivity index (χ4n) is 3.39. The average molecular weight is 347 g/mol. The summed E-state index contributed by atoms with van der Waals surface area (Å²) in [4.78, 5) is 12.5. The van der Waals surface area contributed by atoms with Crippen LogP contribution in [0.15, 0.2) is 16.9 Å². The molecule has 2 N–H and O–H groups in total. The maximum Gasteiger partial charge on any atom is 0.315 e. The van der Waals surface area contributed by atoms with Gasteiger partial charge in [0.05, 0.1) is 24.0 Å². The Bertz CT molecular complexity index is 719. The van der Waals surface area contributed by atoms with Crippen molar-refractivity contribution in [3.8, 4) is 0 Å². The van der Waals surface area contributed by atoms with Crippen LogP contribution in [-0.4, -0.2) is 33.6 Å². The zero-order valence-electron chi connectivity index (χ0n) is 15.1. The number of urea groups is 1. The molecule has 0 aliphatic carbocycles. The number of rotatable bonds is 5. The van der Waals surface area contributed by atoms with Gasteiger partial charge in [-0.15, -0.1) is 0 Å². The summed E-state index contributed by atoms with van der Waals surface area (Å²) in [6.07, 6.45) is 5.06. The van der Waals surface area contributed by atoms with E-state index >= 15 is 0 Å². The molecule has 2 aromatic heterocycles. The molecule has 1 aliphatic heterocycles. The minimum absolute atomic E-state index is 0.0774. The Morgan fingerprint density at radius 2 is 2.28 bits per heavy atom. The van der Waals surface area contributed by atoms with Crippen molar-refractivity contribution in [2.45, 2.75) is 51.8 Å². The topological polar surface area (TPSA) is 94.2 Å². The Balaban J connectivity index is 1.65. The molecule has 0 spiro atoms. The molecular weight excluding hydrogens is 322 g/mol. The summed E-state index contributed by atoms with van der Waals surface area (Å²) >= 11 is 0. The van der Waals surface area contributed by atoms with Gasteiger partial charge in [-0.2, -0.15) is 5.10 Å². The first-order valence-corrected chi connectivity index (χ1v) is 8.59. The Morgan fingerprint density at radius 3 is 2.88 bits per heavy atom. The van der Waals surface area contributed by atoms with Crippen LogP contribution >= 0.6 is 0 Å². The largest absolute Gasteiger partial charge is 0.371 e. The van der Waals surface area contributed by atoms with Crippen molar-refractivity contribution in [2.24, 2.45) is 7.05 Å². The predicted molar refractivity (Wildman–Crippen MR) is 91.0 cm³/mol. The SMILES string of the molecule is CC[C@H](NC(=O)N[C@H]1CCO[C@@H]1c1cnn(C)c1)c1c(C)noc1C. The molecule has 2 aromatic rings. The molecule has 0 unspecified atom stereocenters. The Labute approximate surface area is 146 Å². The van der Waals surface area contributed by atoms with Crippen LogP contribution in [0.2, 0.25) is 0 Å². The maximum absolute atomic E-state index is 12.5.